The molecule has 7 heteroatoms. The number of hydrogen-bond acceptors (Lipinski definition) is 4. The van der Waals surface area contributed by atoms with E-state index in [1.54, 1.807) is 25.4 Å². The third-order valence-electron chi connectivity index (χ3n) is 3.26. The summed E-state index contributed by atoms with van der Waals surface area (Å²) in [6.07, 6.45) is 3.19. The van der Waals surface area contributed by atoms with Crippen molar-refractivity contribution < 1.29 is 8.78 Å². The predicted molar refractivity (Wildman–Crippen MR) is 76.7 cm³/mol. The standard InChI is InChI=1S/C14H13F2N5/c1-7(12-10(15)2-3-11(17)13(12)16)20-9-4-8-5-19-21-14(8)18-6-9/h2-7,20H,17H2,1H3,(H,18,19,21). The van der Waals surface area contributed by atoms with Crippen LogP contribution in [0.2, 0.25) is 0 Å². The molecule has 2 aromatic heterocycles. The van der Waals surface area contributed by atoms with Gasteiger partial charge in [0.15, 0.2) is 11.5 Å². The Bertz CT molecular complexity index is 799. The number of aromatic amines is 1. The first kappa shape index (κ1) is 13.3. The molecule has 108 valence electrons. The van der Waals surface area contributed by atoms with E-state index >= 15 is 0 Å². The molecule has 21 heavy (non-hydrogen) atoms. The molecule has 5 nitrogen and oxygen atoms in total. The zero-order chi connectivity index (χ0) is 15.0. The minimum atomic E-state index is -0.743. The fraction of sp³-hybridized carbons (Fsp3) is 0.143. The number of anilines is 2. The van der Waals surface area contributed by atoms with Crippen LogP contribution in [-0.4, -0.2) is 15.2 Å². The van der Waals surface area contributed by atoms with Crippen LogP contribution < -0.4 is 11.1 Å². The van der Waals surface area contributed by atoms with Crippen LogP contribution in [0.15, 0.2) is 30.6 Å². The molecule has 0 bridgehead atoms. The molecule has 3 rings (SSSR count). The van der Waals surface area contributed by atoms with E-state index in [0.29, 0.717) is 11.3 Å². The molecule has 0 spiro atoms. The number of rotatable bonds is 3. The minimum absolute atomic E-state index is 0.0801. The number of fused-ring (bicyclic) bond motifs is 1. The maximum atomic E-state index is 14.0. The predicted octanol–water partition coefficient (Wildman–Crippen LogP) is 2.99. The van der Waals surface area contributed by atoms with Gasteiger partial charge in [0.05, 0.1) is 29.8 Å². The fourth-order valence-electron chi connectivity index (χ4n) is 2.22. The monoisotopic (exact) mass is 289 g/mol. The summed E-state index contributed by atoms with van der Waals surface area (Å²) >= 11 is 0. The van der Waals surface area contributed by atoms with Crippen LogP contribution in [0.1, 0.15) is 18.5 Å². The number of halogens is 2. The second kappa shape index (κ2) is 5.01. The van der Waals surface area contributed by atoms with Crippen LogP contribution in [0.25, 0.3) is 11.0 Å². The summed E-state index contributed by atoms with van der Waals surface area (Å²) in [7, 11) is 0. The highest BCUT2D eigenvalue weighted by Crippen LogP contribution is 2.27. The number of H-pyrrole nitrogens is 1. The lowest BCUT2D eigenvalue weighted by molar-refractivity contribution is 0.547. The van der Waals surface area contributed by atoms with Gasteiger partial charge in [-0.05, 0) is 25.1 Å². The van der Waals surface area contributed by atoms with Crippen LogP contribution in [0.5, 0.6) is 0 Å². The second-order valence-electron chi connectivity index (χ2n) is 4.76. The van der Waals surface area contributed by atoms with Gasteiger partial charge in [0.1, 0.15) is 5.82 Å². The molecular weight excluding hydrogens is 276 g/mol. The highest BCUT2D eigenvalue weighted by Gasteiger charge is 2.18. The van der Waals surface area contributed by atoms with Crippen molar-refractivity contribution in [1.82, 2.24) is 15.2 Å². The van der Waals surface area contributed by atoms with E-state index in [-0.39, 0.29) is 11.3 Å². The van der Waals surface area contributed by atoms with Gasteiger partial charge >= 0.3 is 0 Å². The highest BCUT2D eigenvalue weighted by atomic mass is 19.1. The number of nitrogens with zero attached hydrogens (tertiary/aromatic N) is 2. The Hall–Kier alpha value is -2.70. The minimum Gasteiger partial charge on any atom is -0.396 e. The Morgan fingerprint density at radius 2 is 2.10 bits per heavy atom. The van der Waals surface area contributed by atoms with Gasteiger partial charge in [0.2, 0.25) is 0 Å². The number of nitrogen functional groups attached to an aromatic ring is 1. The number of nitrogens with two attached hydrogens (primary N) is 1. The molecule has 1 aromatic carbocycles. The van der Waals surface area contributed by atoms with E-state index < -0.39 is 17.7 Å². The Kier molecular flexibility index (Phi) is 3.17. The number of hydrogen-bond donors (Lipinski definition) is 3. The van der Waals surface area contributed by atoms with Crippen LogP contribution in [0.3, 0.4) is 0 Å². The van der Waals surface area contributed by atoms with Crippen LogP contribution in [0.4, 0.5) is 20.2 Å². The Morgan fingerprint density at radius 3 is 2.90 bits per heavy atom. The summed E-state index contributed by atoms with van der Waals surface area (Å²) in [6.45, 7) is 1.65. The summed E-state index contributed by atoms with van der Waals surface area (Å²) in [5.41, 5.74) is 6.60. The molecule has 0 amide bonds. The number of nitrogens with one attached hydrogen (secondary N) is 2. The van der Waals surface area contributed by atoms with E-state index in [1.165, 1.54) is 6.07 Å². The lowest BCUT2D eigenvalue weighted by atomic mass is 10.1. The maximum absolute atomic E-state index is 14.0. The van der Waals surface area contributed by atoms with Gasteiger partial charge in [-0.1, -0.05) is 0 Å². The molecule has 0 aliphatic carbocycles. The number of aromatic nitrogens is 3. The van der Waals surface area contributed by atoms with Crippen molar-refractivity contribution in [3.63, 3.8) is 0 Å². The SMILES string of the molecule is CC(Nc1cnc2[nH]ncc2c1)c1c(F)ccc(N)c1F. The first-order chi connectivity index (χ1) is 10.1. The summed E-state index contributed by atoms with van der Waals surface area (Å²) < 4.78 is 27.8. The zero-order valence-corrected chi connectivity index (χ0v) is 11.2. The van der Waals surface area contributed by atoms with Gasteiger partial charge in [-0.2, -0.15) is 5.10 Å². The van der Waals surface area contributed by atoms with Gasteiger partial charge in [0, 0.05) is 10.9 Å². The van der Waals surface area contributed by atoms with E-state index in [2.05, 4.69) is 20.5 Å². The maximum Gasteiger partial charge on any atom is 0.155 e. The van der Waals surface area contributed by atoms with Crippen molar-refractivity contribution in [1.29, 1.82) is 0 Å². The quantitative estimate of drug-likeness (QED) is 0.648. The van der Waals surface area contributed by atoms with Crippen molar-refractivity contribution in [2.24, 2.45) is 0 Å². The van der Waals surface area contributed by atoms with Gasteiger partial charge in [-0.25, -0.2) is 13.8 Å². The molecule has 0 aliphatic heterocycles. The molecule has 1 atom stereocenters. The average Bonchev–Trinajstić information content (AvgIpc) is 2.91. The highest BCUT2D eigenvalue weighted by molar-refractivity contribution is 5.77. The Balaban J connectivity index is 1.92. The van der Waals surface area contributed by atoms with E-state index in [9.17, 15) is 8.78 Å². The third-order valence-corrected chi connectivity index (χ3v) is 3.26. The first-order valence-corrected chi connectivity index (χ1v) is 6.35. The van der Waals surface area contributed by atoms with Crippen molar-refractivity contribution in [3.8, 4) is 0 Å². The van der Waals surface area contributed by atoms with E-state index in [1.807, 2.05) is 0 Å². The largest absolute Gasteiger partial charge is 0.396 e. The van der Waals surface area contributed by atoms with E-state index in [0.717, 1.165) is 11.5 Å². The van der Waals surface area contributed by atoms with Crippen LogP contribution in [-0.2, 0) is 0 Å². The molecule has 0 radical (unpaired) electrons. The molecule has 0 saturated heterocycles. The normalized spacial score (nSPS) is 12.5. The fourth-order valence-corrected chi connectivity index (χ4v) is 2.22. The van der Waals surface area contributed by atoms with Crippen molar-refractivity contribution in [2.75, 3.05) is 11.1 Å². The molecule has 2 heterocycles. The van der Waals surface area contributed by atoms with Gasteiger partial charge in [-0.15, -0.1) is 0 Å². The zero-order valence-electron chi connectivity index (χ0n) is 11.2. The van der Waals surface area contributed by atoms with Crippen molar-refractivity contribution in [2.45, 2.75) is 13.0 Å². The van der Waals surface area contributed by atoms with Gasteiger partial charge in [-0.3, -0.25) is 5.10 Å². The molecule has 0 saturated carbocycles. The molecule has 1 unspecified atom stereocenters. The van der Waals surface area contributed by atoms with Crippen LogP contribution in [0, 0.1) is 11.6 Å². The number of benzene rings is 1. The topological polar surface area (TPSA) is 79.6 Å². The summed E-state index contributed by atoms with van der Waals surface area (Å²) in [5, 5.41) is 10.4. The second-order valence-corrected chi connectivity index (χ2v) is 4.76. The summed E-state index contributed by atoms with van der Waals surface area (Å²) in [4.78, 5) is 4.16. The summed E-state index contributed by atoms with van der Waals surface area (Å²) in [5.74, 6) is -1.38. The molecule has 3 aromatic rings. The van der Waals surface area contributed by atoms with Crippen LogP contribution >= 0.6 is 0 Å². The van der Waals surface area contributed by atoms with Crippen molar-refractivity contribution >= 4 is 22.4 Å². The number of pyridine rings is 1. The molecule has 4 N–H and O–H groups in total. The van der Waals surface area contributed by atoms with E-state index in [4.69, 9.17) is 5.73 Å². The Morgan fingerprint density at radius 1 is 1.29 bits per heavy atom. The third kappa shape index (κ3) is 2.37. The Labute approximate surface area is 119 Å². The first-order valence-electron chi connectivity index (χ1n) is 6.35. The summed E-state index contributed by atoms with van der Waals surface area (Å²) in [6, 6.07) is 3.56. The van der Waals surface area contributed by atoms with Gasteiger partial charge < -0.3 is 11.1 Å². The van der Waals surface area contributed by atoms with Crippen molar-refractivity contribution in [3.05, 3.63) is 47.8 Å². The lowest BCUT2D eigenvalue weighted by Crippen LogP contribution is -2.12. The molecule has 0 fully saturated rings. The molecular formula is C14H13F2N5. The smallest absolute Gasteiger partial charge is 0.155 e. The molecule has 0 aliphatic rings. The average molecular weight is 289 g/mol. The lowest BCUT2D eigenvalue weighted by Gasteiger charge is -2.17. The van der Waals surface area contributed by atoms with Gasteiger partial charge in [0.25, 0.3) is 0 Å².